The lowest BCUT2D eigenvalue weighted by atomic mass is 9.72. The Kier molecular flexibility index (Phi) is 14.0. The van der Waals surface area contributed by atoms with Gasteiger partial charge < -0.3 is 25.3 Å². The number of benzene rings is 1. The third-order valence-electron chi connectivity index (χ3n) is 6.36. The number of nitrogens with zero attached hydrogens (tertiary/aromatic N) is 3. The number of nitrogen functional groups attached to an aromatic ring is 1. The van der Waals surface area contributed by atoms with E-state index in [0.29, 0.717) is 41.7 Å². The molecule has 230 valence electrons. The minimum Gasteiger partial charge on any atom is -0.466 e. The van der Waals surface area contributed by atoms with Gasteiger partial charge in [0.15, 0.2) is 5.82 Å². The van der Waals surface area contributed by atoms with Gasteiger partial charge >= 0.3 is 18.2 Å². The zero-order chi connectivity index (χ0) is 30.4. The molecule has 0 saturated heterocycles. The molecule has 0 unspecified atom stereocenters. The Balaban J connectivity index is 1.27. The minimum absolute atomic E-state index is 0.0116. The maximum atomic E-state index is 12.2. The zero-order valence-electron chi connectivity index (χ0n) is 23.2. The van der Waals surface area contributed by atoms with Crippen molar-refractivity contribution >= 4 is 74.7 Å². The lowest BCUT2D eigenvalue weighted by Gasteiger charge is -2.36. The number of amides is 2. The Bertz CT molecular complexity index is 1220. The Hall–Kier alpha value is -2.68. The van der Waals surface area contributed by atoms with Gasteiger partial charge in [0.25, 0.3) is 5.95 Å². The molecule has 1 aliphatic carbocycles. The number of ether oxygens (including phenoxy) is 3. The van der Waals surface area contributed by atoms with Gasteiger partial charge in [0.05, 0.1) is 23.1 Å². The van der Waals surface area contributed by atoms with E-state index in [9.17, 15) is 14.4 Å². The fourth-order valence-corrected chi connectivity index (χ4v) is 6.44. The second-order valence-corrected chi connectivity index (χ2v) is 12.9. The third-order valence-corrected chi connectivity index (χ3v) is 9.52. The maximum Gasteiger partial charge on any atom is 0.414 e. The van der Waals surface area contributed by atoms with Crippen LogP contribution in [0.3, 0.4) is 0 Å². The number of carbonyl (C=O) groups is 3. The molecule has 3 rings (SSSR count). The van der Waals surface area contributed by atoms with Gasteiger partial charge in [-0.1, -0.05) is 76.2 Å². The topological polar surface area (TPSA) is 168 Å². The number of nitrogens with two attached hydrogens (primary N) is 1. The molecule has 0 spiro atoms. The van der Waals surface area contributed by atoms with Crippen molar-refractivity contribution in [3.63, 3.8) is 0 Å². The molecule has 42 heavy (non-hydrogen) atoms. The molecule has 0 atom stereocenters. The number of aromatic nitrogens is 3. The first-order chi connectivity index (χ1) is 20.2. The van der Waals surface area contributed by atoms with E-state index in [1.54, 1.807) is 25.1 Å². The highest BCUT2D eigenvalue weighted by Gasteiger charge is 2.35. The number of rotatable bonds is 14. The summed E-state index contributed by atoms with van der Waals surface area (Å²) in [5, 5.41) is 13.6. The summed E-state index contributed by atoms with van der Waals surface area (Å²) in [6, 6.07) is 5.00. The number of nitrogens with one attached hydrogen (secondary N) is 2. The minimum atomic E-state index is -0.756. The molecule has 1 heterocycles. The van der Waals surface area contributed by atoms with Crippen LogP contribution in [0.2, 0.25) is 10.0 Å². The van der Waals surface area contributed by atoms with E-state index in [4.69, 9.17) is 43.1 Å². The van der Waals surface area contributed by atoms with E-state index in [0.717, 1.165) is 32.1 Å². The van der Waals surface area contributed by atoms with Crippen molar-refractivity contribution in [1.82, 2.24) is 20.5 Å². The summed E-state index contributed by atoms with van der Waals surface area (Å²) < 4.78 is 15.5. The van der Waals surface area contributed by atoms with Crippen molar-refractivity contribution < 1.29 is 28.6 Å². The average molecular weight is 662 g/mol. The van der Waals surface area contributed by atoms with Crippen LogP contribution in [0, 0.1) is 5.41 Å². The quantitative estimate of drug-likeness (QED) is 0.0938. The van der Waals surface area contributed by atoms with Gasteiger partial charge in [0, 0.05) is 23.6 Å². The monoisotopic (exact) mass is 660 g/mol. The van der Waals surface area contributed by atoms with Crippen LogP contribution in [-0.4, -0.2) is 71.2 Å². The standard InChI is InChI=1S/C26H34Cl2N6O6S2/c1-2-38-19(35)15-26(9-4-3-5-10-26)16-30-24(36)39-11-13-41-42-14-12-40-25(37)32-23-31-22(29)21(33-34-23)17-7-6-8-18(27)20(17)28/h6-8H,2-5,9-16H2,1H3,(H,30,36)(H3,29,31,32,34,37). The number of alkyl carbamates (subject to hydrolysis) is 1. The number of hydrogen-bond acceptors (Lipinski definition) is 12. The van der Waals surface area contributed by atoms with E-state index in [1.165, 1.54) is 21.6 Å². The molecule has 1 saturated carbocycles. The highest BCUT2D eigenvalue weighted by molar-refractivity contribution is 8.76. The highest BCUT2D eigenvalue weighted by Crippen LogP contribution is 2.39. The fraction of sp³-hybridized carbons (Fsp3) is 0.538. The molecule has 2 aromatic rings. The van der Waals surface area contributed by atoms with Gasteiger partial charge in [-0.2, -0.15) is 4.98 Å². The SMILES string of the molecule is CCOC(=O)CC1(CNC(=O)OCCSSCCOC(=O)Nc2nnc(-c3cccc(Cl)c3Cl)c(N)n2)CCCCC1. The Morgan fingerprint density at radius 2 is 1.69 bits per heavy atom. The summed E-state index contributed by atoms with van der Waals surface area (Å²) in [7, 11) is 2.95. The van der Waals surface area contributed by atoms with Gasteiger partial charge in [0.1, 0.15) is 18.9 Å². The number of carbonyl (C=O) groups excluding carboxylic acids is 3. The molecule has 1 aromatic heterocycles. The van der Waals surface area contributed by atoms with Crippen LogP contribution in [-0.2, 0) is 19.0 Å². The van der Waals surface area contributed by atoms with Gasteiger partial charge in [-0.3, -0.25) is 10.1 Å². The van der Waals surface area contributed by atoms with Crippen LogP contribution >= 0.6 is 44.8 Å². The van der Waals surface area contributed by atoms with Crippen LogP contribution < -0.4 is 16.4 Å². The molecule has 1 aliphatic rings. The van der Waals surface area contributed by atoms with Crippen molar-refractivity contribution in [2.45, 2.75) is 45.4 Å². The average Bonchev–Trinajstić information content (AvgIpc) is 2.96. The number of anilines is 2. The van der Waals surface area contributed by atoms with Crippen LogP contribution in [0.15, 0.2) is 18.2 Å². The van der Waals surface area contributed by atoms with Crippen molar-refractivity contribution in [2.75, 3.05) is 48.9 Å². The molecule has 16 heteroatoms. The number of halogens is 2. The lowest BCUT2D eigenvalue weighted by Crippen LogP contribution is -2.41. The maximum absolute atomic E-state index is 12.2. The predicted octanol–water partition coefficient (Wildman–Crippen LogP) is 5.99. The molecule has 0 aliphatic heterocycles. The number of esters is 1. The predicted molar refractivity (Wildman–Crippen MR) is 166 cm³/mol. The Morgan fingerprint density at radius 3 is 2.36 bits per heavy atom. The van der Waals surface area contributed by atoms with Crippen molar-refractivity contribution in [3.8, 4) is 11.3 Å². The molecule has 12 nitrogen and oxygen atoms in total. The first-order valence-corrected chi connectivity index (χ1v) is 16.7. The Labute approximate surface area is 262 Å². The van der Waals surface area contributed by atoms with Crippen LogP contribution in [0.1, 0.15) is 45.4 Å². The van der Waals surface area contributed by atoms with E-state index >= 15 is 0 Å². The smallest absolute Gasteiger partial charge is 0.414 e. The number of hydrogen-bond donors (Lipinski definition) is 3. The van der Waals surface area contributed by atoms with Crippen molar-refractivity contribution in [1.29, 1.82) is 0 Å². The summed E-state index contributed by atoms with van der Waals surface area (Å²) in [5.41, 5.74) is 6.39. The summed E-state index contributed by atoms with van der Waals surface area (Å²) in [6.45, 7) is 2.87. The van der Waals surface area contributed by atoms with E-state index in [-0.39, 0.29) is 47.1 Å². The molecule has 1 aromatic carbocycles. The van der Waals surface area contributed by atoms with Crippen LogP contribution in [0.4, 0.5) is 21.4 Å². The second-order valence-electron chi connectivity index (χ2n) is 9.41. The van der Waals surface area contributed by atoms with E-state index < -0.39 is 12.2 Å². The summed E-state index contributed by atoms with van der Waals surface area (Å²) in [4.78, 5) is 40.3. The molecule has 0 bridgehead atoms. The van der Waals surface area contributed by atoms with Crippen LogP contribution in [0.5, 0.6) is 0 Å². The first kappa shape index (κ1) is 33.8. The summed E-state index contributed by atoms with van der Waals surface area (Å²) >= 11 is 12.2. The summed E-state index contributed by atoms with van der Waals surface area (Å²) in [6.07, 6.45) is 3.99. The van der Waals surface area contributed by atoms with Crippen LogP contribution in [0.25, 0.3) is 11.3 Å². The van der Waals surface area contributed by atoms with Gasteiger partial charge in [0.2, 0.25) is 0 Å². The van der Waals surface area contributed by atoms with Crippen molar-refractivity contribution in [2.24, 2.45) is 5.41 Å². The fourth-order valence-electron chi connectivity index (χ4n) is 4.40. The molecule has 4 N–H and O–H groups in total. The molecular weight excluding hydrogens is 627 g/mol. The van der Waals surface area contributed by atoms with Gasteiger partial charge in [-0.05, 0) is 31.2 Å². The molecule has 1 fully saturated rings. The lowest BCUT2D eigenvalue weighted by molar-refractivity contribution is -0.146. The molecule has 2 amide bonds. The van der Waals surface area contributed by atoms with E-state index in [1.807, 2.05) is 0 Å². The largest absolute Gasteiger partial charge is 0.466 e. The zero-order valence-corrected chi connectivity index (χ0v) is 26.3. The molecule has 0 radical (unpaired) electrons. The van der Waals surface area contributed by atoms with E-state index in [2.05, 4.69) is 25.8 Å². The highest BCUT2D eigenvalue weighted by atomic mass is 35.5. The summed E-state index contributed by atoms with van der Waals surface area (Å²) in [5.74, 6) is 0.729. The normalized spacial score (nSPS) is 14.1. The van der Waals surface area contributed by atoms with Crippen molar-refractivity contribution in [3.05, 3.63) is 28.2 Å². The first-order valence-electron chi connectivity index (χ1n) is 13.4. The Morgan fingerprint density at radius 1 is 1.00 bits per heavy atom. The second kappa shape index (κ2) is 17.4. The third kappa shape index (κ3) is 10.9. The van der Waals surface area contributed by atoms with Gasteiger partial charge in [-0.25, -0.2) is 9.59 Å². The molecular formula is C26H34Cl2N6O6S2. The van der Waals surface area contributed by atoms with Gasteiger partial charge in [-0.15, -0.1) is 10.2 Å².